The molecule has 25 heavy (non-hydrogen) atoms. The van der Waals surface area contributed by atoms with Gasteiger partial charge in [-0.25, -0.2) is 4.39 Å². The lowest BCUT2D eigenvalue weighted by atomic mass is 10.1. The summed E-state index contributed by atoms with van der Waals surface area (Å²) in [4.78, 5) is 16.3. The molecule has 1 saturated heterocycles. The number of benzene rings is 1. The Balaban J connectivity index is 2.11. The molecule has 6 heteroatoms. The number of carbonyl (C=O) groups excluding carboxylic acids is 1. The van der Waals surface area contributed by atoms with Crippen LogP contribution in [0.1, 0.15) is 26.3 Å². The molecule has 1 aliphatic rings. The second kappa shape index (κ2) is 8.74. The Morgan fingerprint density at radius 2 is 2.04 bits per heavy atom. The zero-order valence-corrected chi connectivity index (χ0v) is 16.6. The van der Waals surface area contributed by atoms with Gasteiger partial charge in [-0.05, 0) is 50.6 Å². The summed E-state index contributed by atoms with van der Waals surface area (Å²) in [5, 5.41) is 0.958. The van der Waals surface area contributed by atoms with Gasteiger partial charge in [0.25, 0.3) is 9.04 Å². The highest BCUT2D eigenvalue weighted by Gasteiger charge is 2.33. The van der Waals surface area contributed by atoms with Crippen molar-refractivity contribution in [3.8, 4) is 0 Å². The highest BCUT2D eigenvalue weighted by atomic mass is 28.3. The number of aryl methyl sites for hydroxylation is 1. The summed E-state index contributed by atoms with van der Waals surface area (Å²) in [6, 6.07) is 5.65. The first-order valence-electron chi connectivity index (χ1n) is 8.79. The zero-order chi connectivity index (χ0) is 18.6. The fraction of sp³-hybridized carbons (Fsp3) is 0.526. The van der Waals surface area contributed by atoms with Crippen molar-refractivity contribution in [2.45, 2.75) is 39.8 Å². The first kappa shape index (κ1) is 19.8. The first-order chi connectivity index (χ1) is 11.9. The minimum atomic E-state index is -1.34. The van der Waals surface area contributed by atoms with Gasteiger partial charge in [0.15, 0.2) is 0 Å². The maximum absolute atomic E-state index is 14.0. The van der Waals surface area contributed by atoms with Gasteiger partial charge >= 0.3 is 0 Å². The third kappa shape index (κ3) is 4.77. The quantitative estimate of drug-likeness (QED) is 0.573. The fourth-order valence-electron chi connectivity index (χ4n) is 3.47. The second-order valence-electron chi connectivity index (χ2n) is 6.66. The Bertz CT molecular complexity index is 613. The molecule has 1 fully saturated rings. The van der Waals surface area contributed by atoms with Gasteiger partial charge in [-0.3, -0.25) is 9.69 Å². The molecular weight excluding hydrogens is 335 g/mol. The summed E-state index contributed by atoms with van der Waals surface area (Å²) in [5.41, 5.74) is 0.653. The second-order valence-corrected chi connectivity index (χ2v) is 8.69. The van der Waals surface area contributed by atoms with Crippen molar-refractivity contribution in [3.05, 3.63) is 42.2 Å². The van der Waals surface area contributed by atoms with E-state index in [0.29, 0.717) is 12.2 Å². The van der Waals surface area contributed by atoms with E-state index >= 15 is 0 Å². The minimum absolute atomic E-state index is 0.0180. The highest BCUT2D eigenvalue weighted by Crippen LogP contribution is 2.17. The molecule has 4 nitrogen and oxygen atoms in total. The van der Waals surface area contributed by atoms with Crippen molar-refractivity contribution < 1.29 is 13.6 Å². The molecule has 0 aliphatic carbocycles. The Labute approximate surface area is 152 Å². The molecular formula is C19H28FN2O2Si. The molecule has 2 rings (SSSR count). The number of amides is 1. The molecule has 2 atom stereocenters. The molecule has 0 bridgehead atoms. The monoisotopic (exact) mass is 363 g/mol. The predicted octanol–water partition coefficient (Wildman–Crippen LogP) is 2.02. The molecule has 1 radical (unpaired) electrons. The van der Waals surface area contributed by atoms with Crippen molar-refractivity contribution in [2.75, 3.05) is 25.9 Å². The minimum Gasteiger partial charge on any atom is -0.411 e. The number of hydrogen-bond donors (Lipinski definition) is 0. The predicted molar refractivity (Wildman–Crippen MR) is 101 cm³/mol. The number of hydrogen-bond acceptors (Lipinski definition) is 3. The van der Waals surface area contributed by atoms with E-state index in [-0.39, 0.29) is 23.8 Å². The summed E-state index contributed by atoms with van der Waals surface area (Å²) < 4.78 is 19.9. The van der Waals surface area contributed by atoms with Crippen LogP contribution in [0.25, 0.3) is 0 Å². The summed E-state index contributed by atoms with van der Waals surface area (Å²) in [6.07, 6.45) is 2.17. The van der Waals surface area contributed by atoms with Gasteiger partial charge in [-0.1, -0.05) is 18.7 Å². The largest absolute Gasteiger partial charge is 0.411 e. The zero-order valence-electron chi connectivity index (χ0n) is 15.6. The molecule has 1 aliphatic heterocycles. The van der Waals surface area contributed by atoms with E-state index in [4.69, 9.17) is 4.43 Å². The Morgan fingerprint density at radius 3 is 2.56 bits per heavy atom. The van der Waals surface area contributed by atoms with E-state index in [1.165, 1.54) is 6.08 Å². The Kier molecular flexibility index (Phi) is 6.92. The summed E-state index contributed by atoms with van der Waals surface area (Å²) in [5.74, 6) is -0.196. The number of nitrogens with zero attached hydrogens (tertiary/aromatic N) is 2. The van der Waals surface area contributed by atoms with E-state index in [0.717, 1.165) is 24.4 Å². The highest BCUT2D eigenvalue weighted by molar-refractivity contribution is 6.67. The van der Waals surface area contributed by atoms with Gasteiger partial charge in [-0.15, -0.1) is 0 Å². The number of rotatable bonds is 6. The van der Waals surface area contributed by atoms with E-state index in [2.05, 4.69) is 25.3 Å². The smallest absolute Gasteiger partial charge is 0.261 e. The van der Waals surface area contributed by atoms with Crippen LogP contribution in [0.3, 0.4) is 0 Å². The van der Waals surface area contributed by atoms with Crippen LogP contribution in [0.5, 0.6) is 0 Å². The van der Waals surface area contributed by atoms with Gasteiger partial charge in [-0.2, -0.15) is 0 Å². The average molecular weight is 364 g/mol. The van der Waals surface area contributed by atoms with E-state index in [9.17, 15) is 9.18 Å². The van der Waals surface area contributed by atoms with Crippen molar-refractivity contribution in [1.82, 2.24) is 9.80 Å². The summed E-state index contributed by atoms with van der Waals surface area (Å²) in [6.45, 7) is 13.7. The Morgan fingerprint density at radius 1 is 1.40 bits per heavy atom. The van der Waals surface area contributed by atoms with Gasteiger partial charge in [0.2, 0.25) is 5.91 Å². The number of carbonyl (C=O) groups is 1. The first-order valence-corrected chi connectivity index (χ1v) is 10.4. The van der Waals surface area contributed by atoms with Gasteiger partial charge in [0, 0.05) is 37.9 Å². The molecule has 137 valence electrons. The molecule has 0 unspecified atom stereocenters. The van der Waals surface area contributed by atoms with Gasteiger partial charge < -0.3 is 9.33 Å². The van der Waals surface area contributed by atoms with Gasteiger partial charge in [0.05, 0.1) is 0 Å². The van der Waals surface area contributed by atoms with Crippen LogP contribution < -0.4 is 5.19 Å². The maximum Gasteiger partial charge on any atom is 0.261 e. The maximum atomic E-state index is 14.0. The van der Waals surface area contributed by atoms with Crippen molar-refractivity contribution in [2.24, 2.45) is 0 Å². The molecule has 0 aromatic heterocycles. The van der Waals surface area contributed by atoms with Crippen molar-refractivity contribution in [1.29, 1.82) is 0 Å². The molecule has 0 spiro atoms. The molecule has 0 N–H and O–H groups in total. The molecule has 1 aromatic carbocycles. The molecule has 1 amide bonds. The normalized spacial score (nSPS) is 21.6. The third-order valence-electron chi connectivity index (χ3n) is 4.60. The SMILES string of the molecule is C=CC(=O)N1[C@H](C)CN(C[Si](OCC)c2ccc(C)c(F)c2)C[C@@H]1C. The molecule has 1 aromatic rings. The molecule has 1 heterocycles. The molecule has 0 saturated carbocycles. The van der Waals surface area contributed by atoms with Crippen molar-refractivity contribution in [3.63, 3.8) is 0 Å². The topological polar surface area (TPSA) is 32.8 Å². The average Bonchev–Trinajstić information content (AvgIpc) is 2.56. The lowest BCUT2D eigenvalue weighted by Gasteiger charge is -2.44. The third-order valence-corrected chi connectivity index (χ3v) is 6.93. The van der Waals surface area contributed by atoms with Crippen LogP contribution in [-0.4, -0.2) is 62.7 Å². The Hall–Kier alpha value is -1.50. The standard InChI is InChI=1S/C19H28FN2O2Si/c1-6-19(23)22-15(4)11-21(12-16(22)5)13-25(24-7-2)17-9-8-14(3)18(20)10-17/h6,8-10,15-16H,1,7,11-13H2,2-5H3/t15-,16+. The fourth-order valence-corrected chi connectivity index (χ4v) is 5.48. The van der Waals surface area contributed by atoms with Crippen LogP contribution in [0.4, 0.5) is 4.39 Å². The van der Waals surface area contributed by atoms with E-state index < -0.39 is 9.04 Å². The number of piperazine rings is 1. The summed E-state index contributed by atoms with van der Waals surface area (Å²) in [7, 11) is -1.34. The van der Waals surface area contributed by atoms with Crippen LogP contribution in [-0.2, 0) is 9.22 Å². The lowest BCUT2D eigenvalue weighted by Crippen LogP contribution is -2.60. The van der Waals surface area contributed by atoms with Crippen LogP contribution in [0.2, 0.25) is 0 Å². The van der Waals surface area contributed by atoms with Crippen molar-refractivity contribution >= 4 is 20.1 Å². The lowest BCUT2D eigenvalue weighted by molar-refractivity contribution is -0.133. The van der Waals surface area contributed by atoms with E-state index in [1.807, 2.05) is 24.0 Å². The van der Waals surface area contributed by atoms with E-state index in [1.54, 1.807) is 13.0 Å². The van der Waals surface area contributed by atoms with Crippen LogP contribution in [0.15, 0.2) is 30.9 Å². The van der Waals surface area contributed by atoms with Gasteiger partial charge in [0.1, 0.15) is 5.82 Å². The van der Waals surface area contributed by atoms with Crippen LogP contribution >= 0.6 is 0 Å². The summed E-state index contributed by atoms with van der Waals surface area (Å²) >= 11 is 0. The van der Waals surface area contributed by atoms with Crippen LogP contribution in [0, 0.1) is 12.7 Å². The number of halogens is 1.